The lowest BCUT2D eigenvalue weighted by atomic mass is 10.1. The Morgan fingerprint density at radius 2 is 2.04 bits per heavy atom. The van der Waals surface area contributed by atoms with Gasteiger partial charge in [-0.3, -0.25) is 4.99 Å². The maximum Gasteiger partial charge on any atom is 0.387 e. The van der Waals surface area contributed by atoms with E-state index in [9.17, 15) is 8.78 Å². The van der Waals surface area contributed by atoms with Gasteiger partial charge in [0.05, 0.1) is 7.11 Å². The van der Waals surface area contributed by atoms with Crippen LogP contribution < -0.4 is 20.1 Å². The fourth-order valence-electron chi connectivity index (χ4n) is 3.20. The molecule has 0 aliphatic carbocycles. The Labute approximate surface area is 183 Å². The van der Waals surface area contributed by atoms with Crippen molar-refractivity contribution in [1.82, 2.24) is 15.5 Å². The van der Waals surface area contributed by atoms with Gasteiger partial charge in [-0.05, 0) is 37.9 Å². The maximum atomic E-state index is 12.7. The molecule has 1 aromatic carbocycles. The number of piperidine rings is 1. The highest BCUT2D eigenvalue weighted by Gasteiger charge is 2.19. The number of aliphatic imine (C=N–C) groups is 1. The van der Waals surface area contributed by atoms with Crippen LogP contribution in [0.5, 0.6) is 11.5 Å². The Bertz CT molecular complexity index is 612. The molecule has 0 aromatic heterocycles. The summed E-state index contributed by atoms with van der Waals surface area (Å²) in [5, 5.41) is 6.60. The van der Waals surface area contributed by atoms with Crippen LogP contribution in [-0.4, -0.2) is 57.3 Å². The van der Waals surface area contributed by atoms with Gasteiger partial charge < -0.3 is 25.0 Å². The van der Waals surface area contributed by atoms with E-state index in [-0.39, 0.29) is 29.7 Å². The van der Waals surface area contributed by atoms with Crippen molar-refractivity contribution in [3.05, 3.63) is 23.8 Å². The van der Waals surface area contributed by atoms with E-state index in [0.717, 1.165) is 32.5 Å². The smallest absolute Gasteiger partial charge is 0.387 e. The van der Waals surface area contributed by atoms with Gasteiger partial charge in [-0.1, -0.05) is 6.92 Å². The molecule has 9 heteroatoms. The Balaban J connectivity index is 0.00000392. The van der Waals surface area contributed by atoms with Crippen LogP contribution in [0, 0.1) is 0 Å². The van der Waals surface area contributed by atoms with Gasteiger partial charge >= 0.3 is 6.61 Å². The number of nitrogens with zero attached hydrogens (tertiary/aromatic N) is 2. The SMILES string of the molecule is CCCN1CCC(NC(=NC)NCc2ccc(OC)cc2OC(F)F)CC1.I. The average molecular weight is 512 g/mol. The molecule has 0 amide bonds. The number of halogens is 3. The summed E-state index contributed by atoms with van der Waals surface area (Å²) in [6.07, 6.45) is 3.29. The number of methoxy groups -OCH3 is 1. The lowest BCUT2D eigenvalue weighted by Gasteiger charge is -2.32. The second-order valence-electron chi connectivity index (χ2n) is 6.54. The number of guanidine groups is 1. The number of alkyl halides is 2. The number of hydrogen-bond donors (Lipinski definition) is 2. The normalized spacial score (nSPS) is 15.9. The zero-order chi connectivity index (χ0) is 19.6. The van der Waals surface area contributed by atoms with Crippen LogP contribution in [0.25, 0.3) is 0 Å². The molecule has 6 nitrogen and oxygen atoms in total. The predicted octanol–water partition coefficient (Wildman–Crippen LogP) is 3.45. The largest absolute Gasteiger partial charge is 0.497 e. The number of likely N-dealkylation sites (tertiary alicyclic amines) is 1. The molecule has 0 radical (unpaired) electrons. The summed E-state index contributed by atoms with van der Waals surface area (Å²) < 4.78 is 35.0. The monoisotopic (exact) mass is 512 g/mol. The van der Waals surface area contributed by atoms with Gasteiger partial charge in [0.2, 0.25) is 0 Å². The fourth-order valence-corrected chi connectivity index (χ4v) is 3.20. The fraction of sp³-hybridized carbons (Fsp3) is 0.632. The third-order valence-corrected chi connectivity index (χ3v) is 4.63. The Hall–Kier alpha value is -1.36. The first kappa shape index (κ1) is 24.7. The molecule has 2 rings (SSSR count). The van der Waals surface area contributed by atoms with Crippen LogP contribution >= 0.6 is 24.0 Å². The lowest BCUT2D eigenvalue weighted by molar-refractivity contribution is -0.0505. The first-order chi connectivity index (χ1) is 13.0. The zero-order valence-electron chi connectivity index (χ0n) is 16.7. The molecule has 1 heterocycles. The minimum absolute atomic E-state index is 0. The standard InChI is InChI=1S/C19H30F2N4O2.HI/c1-4-9-25-10-7-15(8-11-25)24-19(22-2)23-13-14-5-6-16(26-3)12-17(14)27-18(20)21;/h5-6,12,15,18H,4,7-11,13H2,1-3H3,(H2,22,23,24);1H. The minimum Gasteiger partial charge on any atom is -0.497 e. The Kier molecular flexibility index (Phi) is 11.4. The van der Waals surface area contributed by atoms with E-state index in [1.807, 2.05) is 0 Å². The minimum atomic E-state index is -2.89. The van der Waals surface area contributed by atoms with Crippen molar-refractivity contribution in [2.75, 3.05) is 33.8 Å². The van der Waals surface area contributed by atoms with Crippen molar-refractivity contribution >= 4 is 29.9 Å². The van der Waals surface area contributed by atoms with Crippen molar-refractivity contribution in [3.8, 4) is 11.5 Å². The maximum absolute atomic E-state index is 12.7. The van der Waals surface area contributed by atoms with Crippen molar-refractivity contribution in [2.24, 2.45) is 4.99 Å². The molecule has 28 heavy (non-hydrogen) atoms. The van der Waals surface area contributed by atoms with E-state index in [2.05, 4.69) is 32.2 Å². The molecule has 0 saturated carbocycles. The van der Waals surface area contributed by atoms with Crippen molar-refractivity contribution in [2.45, 2.75) is 45.4 Å². The lowest BCUT2D eigenvalue weighted by Crippen LogP contribution is -2.48. The third kappa shape index (κ3) is 7.94. The molecule has 0 spiro atoms. The number of nitrogens with one attached hydrogen (secondary N) is 2. The van der Waals surface area contributed by atoms with Crippen LogP contribution in [0.15, 0.2) is 23.2 Å². The van der Waals surface area contributed by atoms with Crippen LogP contribution in [-0.2, 0) is 6.54 Å². The average Bonchev–Trinajstić information content (AvgIpc) is 2.67. The summed E-state index contributed by atoms with van der Waals surface area (Å²) in [7, 11) is 3.18. The number of ether oxygens (including phenoxy) is 2. The van der Waals surface area contributed by atoms with Gasteiger partial charge in [-0.2, -0.15) is 8.78 Å². The molecule has 1 saturated heterocycles. The highest BCUT2D eigenvalue weighted by molar-refractivity contribution is 14.0. The quantitative estimate of drug-likeness (QED) is 0.318. The van der Waals surface area contributed by atoms with E-state index in [4.69, 9.17) is 4.74 Å². The van der Waals surface area contributed by atoms with Crippen LogP contribution in [0.3, 0.4) is 0 Å². The van der Waals surface area contributed by atoms with Crippen LogP contribution in [0.2, 0.25) is 0 Å². The van der Waals surface area contributed by atoms with Gasteiger partial charge in [-0.25, -0.2) is 0 Å². The molecule has 1 aromatic rings. The van der Waals surface area contributed by atoms with E-state index in [0.29, 0.717) is 29.9 Å². The van der Waals surface area contributed by atoms with Crippen molar-refractivity contribution in [1.29, 1.82) is 0 Å². The summed E-state index contributed by atoms with van der Waals surface area (Å²) >= 11 is 0. The van der Waals surface area contributed by atoms with Gasteiger partial charge in [0, 0.05) is 44.4 Å². The number of hydrogen-bond acceptors (Lipinski definition) is 4. The van der Waals surface area contributed by atoms with Gasteiger partial charge in [-0.15, -0.1) is 24.0 Å². The predicted molar refractivity (Wildman–Crippen MR) is 118 cm³/mol. The molecule has 160 valence electrons. The van der Waals surface area contributed by atoms with Gasteiger partial charge in [0.25, 0.3) is 0 Å². The topological polar surface area (TPSA) is 58.1 Å². The van der Waals surface area contributed by atoms with Crippen LogP contribution in [0.1, 0.15) is 31.7 Å². The molecular weight excluding hydrogens is 481 g/mol. The number of benzene rings is 1. The Morgan fingerprint density at radius 1 is 1.32 bits per heavy atom. The summed E-state index contributed by atoms with van der Waals surface area (Å²) in [5.41, 5.74) is 0.608. The first-order valence-corrected chi connectivity index (χ1v) is 9.37. The molecule has 1 aliphatic heterocycles. The van der Waals surface area contributed by atoms with E-state index < -0.39 is 6.61 Å². The second-order valence-corrected chi connectivity index (χ2v) is 6.54. The van der Waals surface area contributed by atoms with E-state index in [1.165, 1.54) is 19.6 Å². The second kappa shape index (κ2) is 13.0. The molecule has 1 fully saturated rings. The van der Waals surface area contributed by atoms with Crippen LogP contribution in [0.4, 0.5) is 8.78 Å². The summed E-state index contributed by atoms with van der Waals surface area (Å²) in [5.74, 6) is 1.22. The van der Waals surface area contributed by atoms with Crippen molar-refractivity contribution in [3.63, 3.8) is 0 Å². The van der Waals surface area contributed by atoms with Gasteiger partial charge in [0.15, 0.2) is 5.96 Å². The highest BCUT2D eigenvalue weighted by Crippen LogP contribution is 2.26. The van der Waals surface area contributed by atoms with E-state index >= 15 is 0 Å². The van der Waals surface area contributed by atoms with Gasteiger partial charge in [0.1, 0.15) is 11.5 Å². The van der Waals surface area contributed by atoms with Crippen molar-refractivity contribution < 1.29 is 18.3 Å². The molecule has 0 bridgehead atoms. The Morgan fingerprint density at radius 3 is 2.61 bits per heavy atom. The van der Waals surface area contributed by atoms with E-state index in [1.54, 1.807) is 19.2 Å². The molecule has 1 aliphatic rings. The number of rotatable bonds is 8. The highest BCUT2D eigenvalue weighted by atomic mass is 127. The third-order valence-electron chi connectivity index (χ3n) is 4.63. The summed E-state index contributed by atoms with van der Waals surface area (Å²) in [6, 6.07) is 5.25. The molecular formula is C19H31F2IN4O2. The zero-order valence-corrected chi connectivity index (χ0v) is 19.0. The summed E-state index contributed by atoms with van der Waals surface area (Å²) in [6.45, 7) is 2.92. The summed E-state index contributed by atoms with van der Waals surface area (Å²) in [4.78, 5) is 6.72. The molecule has 0 atom stereocenters. The molecule has 2 N–H and O–H groups in total. The first-order valence-electron chi connectivity index (χ1n) is 9.37. The molecule has 0 unspecified atom stereocenters.